The van der Waals surface area contributed by atoms with E-state index in [0.29, 0.717) is 27.7 Å². The highest BCUT2D eigenvalue weighted by Gasteiger charge is 2.07. The van der Waals surface area contributed by atoms with Crippen LogP contribution in [0.1, 0.15) is 16.7 Å². The molecule has 2 aromatic carbocycles. The Hall–Kier alpha value is -1.72. The molecule has 0 saturated carbocycles. The summed E-state index contributed by atoms with van der Waals surface area (Å²) in [6.07, 6.45) is 0. The highest BCUT2D eigenvalue weighted by Crippen LogP contribution is 2.24. The standard InChI is InChI=1S/C15H14ClFN2OS/c16-13-4-2-1-3-11(13)8-21-9-12-6-5-10(7-14(12)17)15(18)19-20/h1-7,20H,8-9H2,(H2,18,19). The topological polar surface area (TPSA) is 58.6 Å². The summed E-state index contributed by atoms with van der Waals surface area (Å²) < 4.78 is 13.9. The van der Waals surface area contributed by atoms with Crippen LogP contribution in [0.5, 0.6) is 0 Å². The van der Waals surface area contributed by atoms with Gasteiger partial charge in [0.05, 0.1) is 0 Å². The third-order valence-electron chi connectivity index (χ3n) is 2.93. The Labute approximate surface area is 131 Å². The van der Waals surface area contributed by atoms with Crippen molar-refractivity contribution >= 4 is 29.2 Å². The molecule has 0 radical (unpaired) electrons. The van der Waals surface area contributed by atoms with E-state index in [0.717, 1.165) is 5.56 Å². The maximum Gasteiger partial charge on any atom is 0.170 e. The van der Waals surface area contributed by atoms with E-state index in [1.54, 1.807) is 23.9 Å². The van der Waals surface area contributed by atoms with Crippen molar-refractivity contribution in [3.63, 3.8) is 0 Å². The number of nitrogens with zero attached hydrogens (tertiary/aromatic N) is 1. The van der Waals surface area contributed by atoms with Gasteiger partial charge in [0.25, 0.3) is 0 Å². The van der Waals surface area contributed by atoms with E-state index in [1.807, 2.05) is 24.3 Å². The van der Waals surface area contributed by atoms with Crippen molar-refractivity contribution in [2.24, 2.45) is 10.9 Å². The Morgan fingerprint density at radius 2 is 1.90 bits per heavy atom. The van der Waals surface area contributed by atoms with Crippen LogP contribution in [0.4, 0.5) is 4.39 Å². The second kappa shape index (κ2) is 7.33. The van der Waals surface area contributed by atoms with Crippen LogP contribution in [0.3, 0.4) is 0 Å². The minimum atomic E-state index is -0.370. The predicted molar refractivity (Wildman–Crippen MR) is 85.4 cm³/mol. The Morgan fingerprint density at radius 3 is 2.57 bits per heavy atom. The first-order chi connectivity index (χ1) is 10.1. The van der Waals surface area contributed by atoms with Crippen LogP contribution >= 0.6 is 23.4 Å². The number of hydrogen-bond donors (Lipinski definition) is 2. The Balaban J connectivity index is 1.99. The maximum atomic E-state index is 13.9. The quantitative estimate of drug-likeness (QED) is 0.378. The summed E-state index contributed by atoms with van der Waals surface area (Å²) in [6.45, 7) is 0. The van der Waals surface area contributed by atoms with Crippen molar-refractivity contribution in [3.05, 3.63) is 70.0 Å². The molecule has 0 saturated heterocycles. The molecule has 0 aliphatic rings. The molecule has 2 aromatic rings. The van der Waals surface area contributed by atoms with Gasteiger partial charge in [-0.25, -0.2) is 4.39 Å². The first kappa shape index (κ1) is 15.7. The summed E-state index contributed by atoms with van der Waals surface area (Å²) >= 11 is 7.64. The van der Waals surface area contributed by atoms with Gasteiger partial charge in [0.1, 0.15) is 5.82 Å². The van der Waals surface area contributed by atoms with Crippen LogP contribution in [0.2, 0.25) is 5.02 Å². The summed E-state index contributed by atoms with van der Waals surface area (Å²) in [5.41, 5.74) is 7.37. The Kier molecular flexibility index (Phi) is 5.47. The van der Waals surface area contributed by atoms with Gasteiger partial charge in [-0.05, 0) is 23.3 Å². The molecule has 0 fully saturated rings. The number of benzene rings is 2. The lowest BCUT2D eigenvalue weighted by atomic mass is 10.1. The van der Waals surface area contributed by atoms with Crippen molar-refractivity contribution in [1.29, 1.82) is 0 Å². The smallest absolute Gasteiger partial charge is 0.170 e. The van der Waals surface area contributed by atoms with E-state index in [2.05, 4.69) is 5.16 Å². The SMILES string of the molecule is N/C(=N/O)c1ccc(CSCc2ccccc2Cl)c(F)c1. The molecule has 0 amide bonds. The summed E-state index contributed by atoms with van der Waals surface area (Å²) in [4.78, 5) is 0. The third-order valence-corrected chi connectivity index (χ3v) is 4.33. The van der Waals surface area contributed by atoms with E-state index >= 15 is 0 Å². The summed E-state index contributed by atoms with van der Waals surface area (Å²) in [5.74, 6) is 0.754. The van der Waals surface area contributed by atoms with Crippen molar-refractivity contribution in [2.45, 2.75) is 11.5 Å². The highest BCUT2D eigenvalue weighted by atomic mass is 35.5. The summed E-state index contributed by atoms with van der Waals surface area (Å²) in [7, 11) is 0. The number of oxime groups is 1. The van der Waals surface area contributed by atoms with E-state index in [4.69, 9.17) is 22.5 Å². The van der Waals surface area contributed by atoms with Gasteiger partial charge in [0.2, 0.25) is 0 Å². The molecule has 2 rings (SSSR count). The molecule has 6 heteroatoms. The zero-order chi connectivity index (χ0) is 15.2. The van der Waals surface area contributed by atoms with Crippen LogP contribution in [-0.2, 0) is 11.5 Å². The molecular formula is C15H14ClFN2OS. The minimum Gasteiger partial charge on any atom is -0.409 e. The maximum absolute atomic E-state index is 13.9. The monoisotopic (exact) mass is 324 g/mol. The molecule has 0 unspecified atom stereocenters. The molecule has 0 aromatic heterocycles. The lowest BCUT2D eigenvalue weighted by Gasteiger charge is -2.07. The van der Waals surface area contributed by atoms with Crippen molar-refractivity contribution in [2.75, 3.05) is 0 Å². The first-order valence-electron chi connectivity index (χ1n) is 6.19. The van der Waals surface area contributed by atoms with Gasteiger partial charge >= 0.3 is 0 Å². The van der Waals surface area contributed by atoms with Crippen LogP contribution in [-0.4, -0.2) is 11.0 Å². The first-order valence-corrected chi connectivity index (χ1v) is 7.72. The van der Waals surface area contributed by atoms with Gasteiger partial charge in [-0.2, -0.15) is 11.8 Å². The third kappa shape index (κ3) is 4.12. The number of rotatable bonds is 5. The lowest BCUT2D eigenvalue weighted by molar-refractivity contribution is 0.318. The average Bonchev–Trinajstić information content (AvgIpc) is 2.50. The van der Waals surface area contributed by atoms with E-state index in [-0.39, 0.29) is 11.7 Å². The highest BCUT2D eigenvalue weighted by molar-refractivity contribution is 7.97. The second-order valence-electron chi connectivity index (χ2n) is 4.38. The Morgan fingerprint density at radius 1 is 1.19 bits per heavy atom. The molecule has 0 atom stereocenters. The fourth-order valence-electron chi connectivity index (χ4n) is 1.77. The number of amidine groups is 1. The van der Waals surface area contributed by atoms with Crippen LogP contribution in [0, 0.1) is 5.82 Å². The Bertz CT molecular complexity index is 664. The molecule has 21 heavy (non-hydrogen) atoms. The fraction of sp³-hybridized carbons (Fsp3) is 0.133. The van der Waals surface area contributed by atoms with Crippen molar-refractivity contribution in [3.8, 4) is 0 Å². The van der Waals surface area contributed by atoms with Crippen LogP contribution < -0.4 is 5.73 Å². The molecule has 0 spiro atoms. The fourth-order valence-corrected chi connectivity index (χ4v) is 3.08. The van der Waals surface area contributed by atoms with Gasteiger partial charge < -0.3 is 10.9 Å². The van der Waals surface area contributed by atoms with Gasteiger partial charge in [-0.3, -0.25) is 0 Å². The molecule has 0 bridgehead atoms. The number of nitrogens with two attached hydrogens (primary N) is 1. The van der Waals surface area contributed by atoms with Gasteiger partial charge in [0.15, 0.2) is 5.84 Å². The molecule has 0 heterocycles. The molecular weight excluding hydrogens is 311 g/mol. The van der Waals surface area contributed by atoms with Crippen molar-refractivity contribution in [1.82, 2.24) is 0 Å². The second-order valence-corrected chi connectivity index (χ2v) is 5.77. The normalized spacial score (nSPS) is 11.6. The van der Waals surface area contributed by atoms with E-state index < -0.39 is 0 Å². The molecule has 3 N–H and O–H groups in total. The number of halogens is 2. The van der Waals surface area contributed by atoms with Gasteiger partial charge in [-0.15, -0.1) is 0 Å². The molecule has 0 aliphatic heterocycles. The molecule has 110 valence electrons. The van der Waals surface area contributed by atoms with Gasteiger partial charge in [0, 0.05) is 22.1 Å². The largest absolute Gasteiger partial charge is 0.409 e. The van der Waals surface area contributed by atoms with E-state index in [9.17, 15) is 4.39 Å². The minimum absolute atomic E-state index is 0.107. The van der Waals surface area contributed by atoms with E-state index in [1.165, 1.54) is 6.07 Å². The zero-order valence-electron chi connectivity index (χ0n) is 11.1. The number of thioether (sulfide) groups is 1. The predicted octanol–water partition coefficient (Wildman–Crippen LogP) is 4.01. The lowest BCUT2D eigenvalue weighted by Crippen LogP contribution is -2.13. The van der Waals surface area contributed by atoms with Crippen molar-refractivity contribution < 1.29 is 9.60 Å². The number of hydrogen-bond acceptors (Lipinski definition) is 3. The summed E-state index contributed by atoms with van der Waals surface area (Å²) in [5, 5.41) is 12.1. The van der Waals surface area contributed by atoms with Crippen LogP contribution in [0.25, 0.3) is 0 Å². The molecule has 3 nitrogen and oxygen atoms in total. The zero-order valence-corrected chi connectivity index (χ0v) is 12.7. The summed E-state index contributed by atoms with van der Waals surface area (Å²) in [6, 6.07) is 12.1. The average molecular weight is 325 g/mol. The molecule has 0 aliphatic carbocycles. The van der Waals surface area contributed by atoms with Gasteiger partial charge in [-0.1, -0.05) is 47.1 Å². The van der Waals surface area contributed by atoms with Crippen LogP contribution in [0.15, 0.2) is 47.6 Å².